The van der Waals surface area contributed by atoms with Crippen molar-refractivity contribution in [1.29, 1.82) is 0 Å². The van der Waals surface area contributed by atoms with Crippen molar-refractivity contribution in [2.75, 3.05) is 13.2 Å². The summed E-state index contributed by atoms with van der Waals surface area (Å²) in [4.78, 5) is 0. The van der Waals surface area contributed by atoms with E-state index in [0.29, 0.717) is 0 Å². The Bertz CT molecular complexity index is 485. The fourth-order valence-corrected chi connectivity index (χ4v) is 3.75. The van der Waals surface area contributed by atoms with Crippen LogP contribution in [0, 0.1) is 11.7 Å². The molecule has 3 atom stereocenters. The first kappa shape index (κ1) is 14.3. The van der Waals surface area contributed by atoms with Crippen molar-refractivity contribution in [2.45, 2.75) is 44.2 Å². The van der Waals surface area contributed by atoms with Crippen LogP contribution < -0.4 is 5.32 Å². The van der Waals surface area contributed by atoms with E-state index in [9.17, 15) is 4.39 Å². The topological polar surface area (TPSA) is 21.3 Å². The smallest absolute Gasteiger partial charge is 0.141 e. The van der Waals surface area contributed by atoms with Crippen LogP contribution in [0.2, 0.25) is 5.02 Å². The molecule has 2 fully saturated rings. The van der Waals surface area contributed by atoms with E-state index in [1.165, 1.54) is 31.7 Å². The van der Waals surface area contributed by atoms with Crippen molar-refractivity contribution >= 4 is 11.6 Å². The largest absolute Gasteiger partial charge is 0.370 e. The molecule has 1 spiro atoms. The molecule has 1 aliphatic heterocycles. The second kappa shape index (κ2) is 5.63. The van der Waals surface area contributed by atoms with Gasteiger partial charge in [0, 0.05) is 12.1 Å². The van der Waals surface area contributed by atoms with Crippen molar-refractivity contribution < 1.29 is 9.13 Å². The van der Waals surface area contributed by atoms with Gasteiger partial charge in [-0.25, -0.2) is 4.39 Å². The molecule has 3 rings (SSSR count). The minimum atomic E-state index is -0.378. The zero-order valence-electron chi connectivity index (χ0n) is 11.8. The molecule has 0 bridgehead atoms. The Hall–Kier alpha value is -0.640. The molecule has 1 aromatic rings. The van der Waals surface area contributed by atoms with Crippen LogP contribution in [0.5, 0.6) is 0 Å². The Balaban J connectivity index is 1.67. The van der Waals surface area contributed by atoms with Crippen LogP contribution in [0.15, 0.2) is 18.2 Å². The lowest BCUT2D eigenvalue weighted by molar-refractivity contribution is -0.0527. The minimum Gasteiger partial charge on any atom is -0.370 e. The van der Waals surface area contributed by atoms with Crippen LogP contribution in [-0.2, 0) is 4.74 Å². The summed E-state index contributed by atoms with van der Waals surface area (Å²) in [5.74, 6) is 0.383. The Kier molecular flexibility index (Phi) is 4.02. The van der Waals surface area contributed by atoms with Gasteiger partial charge in [0.2, 0.25) is 0 Å². The number of ether oxygens (including phenoxy) is 1. The molecule has 20 heavy (non-hydrogen) atoms. The highest BCUT2D eigenvalue weighted by atomic mass is 35.5. The van der Waals surface area contributed by atoms with E-state index < -0.39 is 0 Å². The average Bonchev–Trinajstić information content (AvgIpc) is 2.43. The molecule has 3 unspecified atom stereocenters. The van der Waals surface area contributed by atoms with E-state index in [4.69, 9.17) is 16.3 Å². The monoisotopic (exact) mass is 297 g/mol. The Morgan fingerprint density at radius 3 is 2.95 bits per heavy atom. The van der Waals surface area contributed by atoms with Gasteiger partial charge >= 0.3 is 0 Å². The number of hydrogen-bond acceptors (Lipinski definition) is 2. The first-order valence-electron chi connectivity index (χ1n) is 7.40. The molecular weight excluding hydrogens is 277 g/mol. The third-order valence-electron chi connectivity index (χ3n) is 4.63. The van der Waals surface area contributed by atoms with Gasteiger partial charge < -0.3 is 10.1 Å². The summed E-state index contributed by atoms with van der Waals surface area (Å²) in [5.41, 5.74) is 1.10. The highest BCUT2D eigenvalue weighted by Crippen LogP contribution is 2.36. The standard InChI is InChI=1S/C16H21ClFNO/c1-11-3-2-6-16(8-11)10-20-15(9-19-16)12-4-5-14(18)13(17)7-12/h4-5,7,11,15,19H,2-3,6,8-10H2,1H3. The molecule has 1 N–H and O–H groups in total. The quantitative estimate of drug-likeness (QED) is 0.843. The number of rotatable bonds is 1. The molecule has 0 radical (unpaired) electrons. The van der Waals surface area contributed by atoms with Gasteiger partial charge in [0.15, 0.2) is 0 Å². The molecular formula is C16H21ClFNO. The van der Waals surface area contributed by atoms with Crippen LogP contribution in [0.1, 0.15) is 44.3 Å². The number of halogens is 2. The molecule has 1 saturated carbocycles. The van der Waals surface area contributed by atoms with Gasteiger partial charge in [0.25, 0.3) is 0 Å². The normalized spacial score (nSPS) is 34.4. The van der Waals surface area contributed by atoms with Gasteiger partial charge in [-0.1, -0.05) is 37.4 Å². The molecule has 1 heterocycles. The van der Waals surface area contributed by atoms with Crippen molar-refractivity contribution in [3.8, 4) is 0 Å². The number of hydrogen-bond donors (Lipinski definition) is 1. The summed E-state index contributed by atoms with van der Waals surface area (Å²) in [6, 6.07) is 4.84. The SMILES string of the molecule is CC1CCCC2(COC(c3ccc(F)c(Cl)c3)CN2)C1. The summed E-state index contributed by atoms with van der Waals surface area (Å²) in [6.07, 6.45) is 4.93. The van der Waals surface area contributed by atoms with E-state index in [1.54, 1.807) is 12.1 Å². The molecule has 1 aromatic carbocycles. The Labute approximate surface area is 124 Å². The first-order valence-corrected chi connectivity index (χ1v) is 7.77. The molecule has 4 heteroatoms. The van der Waals surface area contributed by atoms with Gasteiger partial charge in [0.1, 0.15) is 5.82 Å². The average molecular weight is 298 g/mol. The van der Waals surface area contributed by atoms with Crippen molar-refractivity contribution in [2.24, 2.45) is 5.92 Å². The first-order chi connectivity index (χ1) is 9.58. The van der Waals surface area contributed by atoms with E-state index >= 15 is 0 Å². The zero-order valence-corrected chi connectivity index (χ0v) is 12.5. The van der Waals surface area contributed by atoms with Crippen LogP contribution in [0.4, 0.5) is 4.39 Å². The third kappa shape index (κ3) is 2.85. The second-order valence-electron chi connectivity index (χ2n) is 6.34. The maximum absolute atomic E-state index is 13.2. The summed E-state index contributed by atoms with van der Waals surface area (Å²) in [5, 5.41) is 3.85. The van der Waals surface area contributed by atoms with Crippen molar-refractivity contribution in [3.05, 3.63) is 34.6 Å². The fourth-order valence-electron chi connectivity index (χ4n) is 3.56. The van der Waals surface area contributed by atoms with Crippen LogP contribution in [0.3, 0.4) is 0 Å². The summed E-state index contributed by atoms with van der Waals surface area (Å²) < 4.78 is 19.3. The summed E-state index contributed by atoms with van der Waals surface area (Å²) in [6.45, 7) is 3.82. The van der Waals surface area contributed by atoms with Crippen molar-refractivity contribution in [1.82, 2.24) is 5.32 Å². The lowest BCUT2D eigenvalue weighted by Crippen LogP contribution is -2.56. The predicted molar refractivity (Wildman–Crippen MR) is 78.5 cm³/mol. The maximum Gasteiger partial charge on any atom is 0.141 e. The molecule has 2 aliphatic rings. The molecule has 1 saturated heterocycles. The minimum absolute atomic E-state index is 0.0315. The van der Waals surface area contributed by atoms with Crippen molar-refractivity contribution in [3.63, 3.8) is 0 Å². The molecule has 0 amide bonds. The molecule has 0 aromatic heterocycles. The van der Waals surface area contributed by atoms with E-state index in [1.807, 2.05) is 0 Å². The lowest BCUT2D eigenvalue weighted by atomic mass is 9.76. The molecule has 2 nitrogen and oxygen atoms in total. The highest BCUT2D eigenvalue weighted by molar-refractivity contribution is 6.30. The van der Waals surface area contributed by atoms with Crippen LogP contribution in [-0.4, -0.2) is 18.7 Å². The Morgan fingerprint density at radius 2 is 2.30 bits per heavy atom. The Morgan fingerprint density at radius 1 is 1.45 bits per heavy atom. The zero-order chi connectivity index (χ0) is 14.2. The predicted octanol–water partition coefficient (Wildman–Crippen LogP) is 4.09. The lowest BCUT2D eigenvalue weighted by Gasteiger charge is -2.45. The molecule has 110 valence electrons. The highest BCUT2D eigenvalue weighted by Gasteiger charge is 2.39. The number of nitrogens with one attached hydrogen (secondary N) is 1. The maximum atomic E-state index is 13.2. The summed E-state index contributed by atoms with van der Waals surface area (Å²) >= 11 is 5.84. The van der Waals surface area contributed by atoms with Crippen LogP contribution >= 0.6 is 11.6 Å². The third-order valence-corrected chi connectivity index (χ3v) is 4.92. The number of morpholine rings is 1. The molecule has 1 aliphatic carbocycles. The van der Waals surface area contributed by atoms with E-state index in [0.717, 1.165) is 24.6 Å². The fraction of sp³-hybridized carbons (Fsp3) is 0.625. The van der Waals surface area contributed by atoms with Crippen LogP contribution in [0.25, 0.3) is 0 Å². The van der Waals surface area contributed by atoms with Gasteiger partial charge in [-0.05, 0) is 36.5 Å². The van der Waals surface area contributed by atoms with Gasteiger partial charge in [0.05, 0.1) is 17.7 Å². The number of benzene rings is 1. The second-order valence-corrected chi connectivity index (χ2v) is 6.74. The van der Waals surface area contributed by atoms with Gasteiger partial charge in [-0.3, -0.25) is 0 Å². The van der Waals surface area contributed by atoms with Gasteiger partial charge in [-0.15, -0.1) is 0 Å². The van der Waals surface area contributed by atoms with Gasteiger partial charge in [-0.2, -0.15) is 0 Å². The van der Waals surface area contributed by atoms with E-state index in [-0.39, 0.29) is 22.5 Å². The van der Waals surface area contributed by atoms with E-state index in [2.05, 4.69) is 12.2 Å². The summed E-state index contributed by atoms with van der Waals surface area (Å²) in [7, 11) is 0.